The van der Waals surface area contributed by atoms with E-state index in [0.717, 1.165) is 46.9 Å². The van der Waals surface area contributed by atoms with Crippen molar-refractivity contribution >= 4 is 28.3 Å². The predicted octanol–water partition coefficient (Wildman–Crippen LogP) is 5.40. The Hall–Kier alpha value is -2.21. The summed E-state index contributed by atoms with van der Waals surface area (Å²) in [5.41, 5.74) is 1.18. The van der Waals surface area contributed by atoms with Gasteiger partial charge in [0.25, 0.3) is 5.91 Å². The van der Waals surface area contributed by atoms with Crippen LogP contribution in [0.25, 0.3) is 11.0 Å². The number of imidazole rings is 1. The molecule has 4 nitrogen and oxygen atoms in total. The number of thiophene rings is 1. The van der Waals surface area contributed by atoms with Gasteiger partial charge in [-0.1, -0.05) is 26.3 Å². The molecule has 2 aromatic heterocycles. The first-order valence-electron chi connectivity index (χ1n) is 9.54. The molecule has 0 saturated heterocycles. The van der Waals surface area contributed by atoms with Crippen molar-refractivity contribution in [1.29, 1.82) is 0 Å². The summed E-state index contributed by atoms with van der Waals surface area (Å²) in [4.78, 5) is 21.3. The summed E-state index contributed by atoms with van der Waals surface area (Å²) in [5.74, 6) is 0.454. The van der Waals surface area contributed by atoms with Crippen LogP contribution in [0.1, 0.15) is 53.5 Å². The molecule has 144 valence electrons. The number of benzene rings is 1. The largest absolute Gasteiger partial charge is 0.330 e. The molecule has 6 heteroatoms. The zero-order valence-corrected chi connectivity index (χ0v) is 17.0. The molecule has 0 aliphatic heterocycles. The summed E-state index contributed by atoms with van der Waals surface area (Å²) in [6, 6.07) is 8.90. The summed E-state index contributed by atoms with van der Waals surface area (Å²) in [6.07, 6.45) is 2.85. The van der Waals surface area contributed by atoms with Gasteiger partial charge in [0.2, 0.25) is 0 Å². The summed E-state index contributed by atoms with van der Waals surface area (Å²) in [6.45, 7) is 8.02. The number of rotatable bonds is 8. The van der Waals surface area contributed by atoms with Crippen molar-refractivity contribution in [3.05, 3.63) is 51.7 Å². The van der Waals surface area contributed by atoms with E-state index in [1.165, 1.54) is 17.4 Å². The van der Waals surface area contributed by atoms with Crippen LogP contribution in [-0.4, -0.2) is 26.9 Å². The Labute approximate surface area is 163 Å². The van der Waals surface area contributed by atoms with Gasteiger partial charge < -0.3 is 9.47 Å². The van der Waals surface area contributed by atoms with E-state index in [9.17, 15) is 9.18 Å². The second-order valence-electron chi connectivity index (χ2n) is 6.78. The fraction of sp³-hybridized carbons (Fsp3) is 0.429. The standard InChI is InChI=1S/C21H26FN3OS/c1-4-6-13-24(21(26)18-11-10-15(3)27-18)14-19-23-20-16(22)8-7-9-17(20)25(19)12-5-2/h7-11H,4-6,12-14H2,1-3H3. The molecule has 3 aromatic rings. The van der Waals surface area contributed by atoms with Gasteiger partial charge in [0.1, 0.15) is 11.3 Å². The van der Waals surface area contributed by atoms with Crippen molar-refractivity contribution in [3.63, 3.8) is 0 Å². The third kappa shape index (κ3) is 4.21. The molecule has 0 unspecified atom stereocenters. The van der Waals surface area contributed by atoms with Gasteiger partial charge in [-0.3, -0.25) is 4.79 Å². The number of fused-ring (bicyclic) bond motifs is 1. The molecule has 27 heavy (non-hydrogen) atoms. The Morgan fingerprint density at radius 1 is 1.22 bits per heavy atom. The van der Waals surface area contributed by atoms with Crippen molar-refractivity contribution < 1.29 is 9.18 Å². The normalized spacial score (nSPS) is 11.3. The van der Waals surface area contributed by atoms with Crippen LogP contribution in [0.5, 0.6) is 0 Å². The van der Waals surface area contributed by atoms with Gasteiger partial charge >= 0.3 is 0 Å². The number of unbranched alkanes of at least 4 members (excludes halogenated alkanes) is 1. The number of carbonyl (C=O) groups is 1. The van der Waals surface area contributed by atoms with E-state index in [4.69, 9.17) is 0 Å². The SMILES string of the molecule is CCCCN(Cc1nc2c(F)cccc2n1CCC)C(=O)c1ccc(C)s1. The van der Waals surface area contributed by atoms with Gasteiger partial charge in [-0.05, 0) is 44.0 Å². The van der Waals surface area contributed by atoms with Crippen molar-refractivity contribution in [1.82, 2.24) is 14.5 Å². The number of hydrogen-bond donors (Lipinski definition) is 0. The molecule has 0 bridgehead atoms. The first-order valence-corrected chi connectivity index (χ1v) is 10.4. The number of aryl methyl sites for hydroxylation is 2. The Morgan fingerprint density at radius 3 is 2.70 bits per heavy atom. The highest BCUT2D eigenvalue weighted by Crippen LogP contribution is 2.23. The number of halogens is 1. The number of nitrogens with zero attached hydrogens (tertiary/aromatic N) is 3. The quantitative estimate of drug-likeness (QED) is 0.519. The molecule has 0 atom stereocenters. The van der Waals surface area contributed by atoms with Gasteiger partial charge in [0.15, 0.2) is 5.82 Å². The minimum Gasteiger partial charge on any atom is -0.330 e. The summed E-state index contributed by atoms with van der Waals surface area (Å²) in [7, 11) is 0. The minimum absolute atomic E-state index is 0.0251. The summed E-state index contributed by atoms with van der Waals surface area (Å²) in [5, 5.41) is 0. The highest BCUT2D eigenvalue weighted by atomic mass is 32.1. The molecular formula is C21H26FN3OS. The van der Waals surface area contributed by atoms with Gasteiger partial charge in [-0.2, -0.15) is 0 Å². The Balaban J connectivity index is 1.96. The molecular weight excluding hydrogens is 361 g/mol. The Morgan fingerprint density at radius 2 is 2.04 bits per heavy atom. The van der Waals surface area contributed by atoms with E-state index in [1.54, 1.807) is 6.07 Å². The zero-order chi connectivity index (χ0) is 19.4. The first-order chi connectivity index (χ1) is 13.0. The maximum absolute atomic E-state index is 14.2. The number of carbonyl (C=O) groups excluding carboxylic acids is 1. The number of aromatic nitrogens is 2. The Kier molecular flexibility index (Phi) is 6.26. The smallest absolute Gasteiger partial charge is 0.264 e. The van der Waals surface area contributed by atoms with E-state index in [2.05, 4.69) is 18.8 Å². The molecule has 1 aromatic carbocycles. The third-order valence-corrected chi connectivity index (χ3v) is 5.60. The lowest BCUT2D eigenvalue weighted by Crippen LogP contribution is -2.32. The predicted molar refractivity (Wildman–Crippen MR) is 109 cm³/mol. The molecule has 0 aliphatic rings. The molecule has 0 spiro atoms. The fourth-order valence-corrected chi connectivity index (χ4v) is 4.07. The van der Waals surface area contributed by atoms with Crippen molar-refractivity contribution in [2.75, 3.05) is 6.54 Å². The lowest BCUT2D eigenvalue weighted by Gasteiger charge is -2.22. The van der Waals surface area contributed by atoms with Crippen LogP contribution in [0.4, 0.5) is 4.39 Å². The highest BCUT2D eigenvalue weighted by Gasteiger charge is 2.21. The van der Waals surface area contributed by atoms with Gasteiger partial charge in [-0.25, -0.2) is 9.37 Å². The van der Waals surface area contributed by atoms with Gasteiger partial charge in [0.05, 0.1) is 16.9 Å². The van der Waals surface area contributed by atoms with E-state index < -0.39 is 0 Å². The minimum atomic E-state index is -0.316. The van der Waals surface area contributed by atoms with E-state index in [-0.39, 0.29) is 11.7 Å². The van der Waals surface area contributed by atoms with Gasteiger partial charge in [-0.15, -0.1) is 11.3 Å². The van der Waals surface area contributed by atoms with Crippen LogP contribution in [-0.2, 0) is 13.1 Å². The van der Waals surface area contributed by atoms with E-state index in [1.807, 2.05) is 34.6 Å². The molecule has 0 radical (unpaired) electrons. The molecule has 0 N–H and O–H groups in total. The lowest BCUT2D eigenvalue weighted by atomic mass is 10.3. The summed E-state index contributed by atoms with van der Waals surface area (Å²) < 4.78 is 16.3. The van der Waals surface area contributed by atoms with E-state index in [0.29, 0.717) is 18.6 Å². The maximum Gasteiger partial charge on any atom is 0.264 e. The zero-order valence-electron chi connectivity index (χ0n) is 16.2. The molecule has 0 aliphatic carbocycles. The Bertz CT molecular complexity index is 931. The van der Waals surface area contributed by atoms with Crippen LogP contribution >= 0.6 is 11.3 Å². The second kappa shape index (κ2) is 8.65. The van der Waals surface area contributed by atoms with Crippen molar-refractivity contribution in [2.24, 2.45) is 0 Å². The van der Waals surface area contributed by atoms with Gasteiger partial charge in [0, 0.05) is 18.0 Å². The van der Waals surface area contributed by atoms with Crippen LogP contribution in [0.2, 0.25) is 0 Å². The maximum atomic E-state index is 14.2. The molecule has 1 amide bonds. The third-order valence-electron chi connectivity index (χ3n) is 4.61. The lowest BCUT2D eigenvalue weighted by molar-refractivity contribution is 0.0739. The summed E-state index contributed by atoms with van der Waals surface area (Å²) >= 11 is 1.51. The molecule has 0 saturated carbocycles. The fourth-order valence-electron chi connectivity index (χ4n) is 3.23. The molecule has 0 fully saturated rings. The topological polar surface area (TPSA) is 38.1 Å². The highest BCUT2D eigenvalue weighted by molar-refractivity contribution is 7.13. The van der Waals surface area contributed by atoms with E-state index >= 15 is 0 Å². The molecule has 3 rings (SSSR count). The number of para-hydroxylation sites is 1. The van der Waals surface area contributed by atoms with Crippen LogP contribution in [0, 0.1) is 12.7 Å². The van der Waals surface area contributed by atoms with Crippen LogP contribution < -0.4 is 0 Å². The average molecular weight is 388 g/mol. The van der Waals surface area contributed by atoms with Crippen molar-refractivity contribution in [3.8, 4) is 0 Å². The monoisotopic (exact) mass is 387 g/mol. The van der Waals surface area contributed by atoms with Crippen LogP contribution in [0.3, 0.4) is 0 Å². The van der Waals surface area contributed by atoms with Crippen molar-refractivity contribution in [2.45, 2.75) is 53.1 Å². The first kappa shape index (κ1) is 19.5. The molecule has 2 heterocycles. The average Bonchev–Trinajstić information content (AvgIpc) is 3.24. The number of hydrogen-bond acceptors (Lipinski definition) is 3. The van der Waals surface area contributed by atoms with Crippen LogP contribution in [0.15, 0.2) is 30.3 Å². The second-order valence-corrected chi connectivity index (χ2v) is 8.07. The number of amides is 1.